The largest absolute Gasteiger partial charge is 0.469 e. The fourth-order valence-electron chi connectivity index (χ4n) is 7.74. The summed E-state index contributed by atoms with van der Waals surface area (Å²) in [6.45, 7) is 4.00. The first-order valence-electron chi connectivity index (χ1n) is 9.45. The van der Waals surface area contributed by atoms with E-state index in [-0.39, 0.29) is 41.0 Å². The van der Waals surface area contributed by atoms with Crippen molar-refractivity contribution >= 4 is 11.9 Å². The van der Waals surface area contributed by atoms with Crippen molar-refractivity contribution < 1.29 is 24.2 Å². The smallest absolute Gasteiger partial charge is 0.316 e. The number of aliphatic hydroxyl groups is 1. The molecule has 1 aliphatic heterocycles. The molecule has 5 rings (SSSR count). The lowest BCUT2D eigenvalue weighted by Gasteiger charge is -2.45. The minimum atomic E-state index is -0.771. The van der Waals surface area contributed by atoms with E-state index < -0.39 is 16.6 Å². The van der Waals surface area contributed by atoms with Crippen LogP contribution in [-0.2, 0) is 19.1 Å². The van der Waals surface area contributed by atoms with E-state index in [0.29, 0.717) is 12.8 Å². The number of esters is 2. The molecule has 4 bridgehead atoms. The van der Waals surface area contributed by atoms with Crippen molar-refractivity contribution in [2.45, 2.75) is 57.2 Å². The Balaban J connectivity index is 1.75. The first-order chi connectivity index (χ1) is 11.7. The van der Waals surface area contributed by atoms with E-state index >= 15 is 0 Å². The van der Waals surface area contributed by atoms with Gasteiger partial charge in [-0.25, -0.2) is 0 Å². The predicted molar refractivity (Wildman–Crippen MR) is 88.2 cm³/mol. The summed E-state index contributed by atoms with van der Waals surface area (Å²) in [4.78, 5) is 25.8. The van der Waals surface area contributed by atoms with Crippen LogP contribution < -0.4 is 0 Å². The Bertz CT molecular complexity index is 715. The van der Waals surface area contributed by atoms with Crippen LogP contribution in [0.25, 0.3) is 0 Å². The number of methoxy groups -OCH3 is 1. The highest BCUT2D eigenvalue weighted by atomic mass is 16.6. The van der Waals surface area contributed by atoms with E-state index in [2.05, 4.69) is 13.0 Å². The Labute approximate surface area is 147 Å². The van der Waals surface area contributed by atoms with Crippen LogP contribution in [0, 0.1) is 34.5 Å². The average Bonchev–Trinajstić information content (AvgIpc) is 2.95. The van der Waals surface area contributed by atoms with Gasteiger partial charge in [0.2, 0.25) is 0 Å². The monoisotopic (exact) mass is 346 g/mol. The van der Waals surface area contributed by atoms with Gasteiger partial charge in [-0.3, -0.25) is 9.59 Å². The van der Waals surface area contributed by atoms with Crippen molar-refractivity contribution in [2.75, 3.05) is 7.11 Å². The number of fused-ring (bicyclic) bond motifs is 1. The van der Waals surface area contributed by atoms with Crippen molar-refractivity contribution in [3.05, 3.63) is 12.2 Å². The summed E-state index contributed by atoms with van der Waals surface area (Å²) >= 11 is 0. The maximum atomic E-state index is 13.0. The lowest BCUT2D eigenvalue weighted by atomic mass is 9.62. The van der Waals surface area contributed by atoms with Crippen LogP contribution in [0.15, 0.2) is 12.2 Å². The first kappa shape index (κ1) is 15.9. The molecule has 5 nitrogen and oxygen atoms in total. The fourth-order valence-corrected chi connectivity index (χ4v) is 7.74. The van der Waals surface area contributed by atoms with E-state index in [1.807, 2.05) is 13.0 Å². The summed E-state index contributed by atoms with van der Waals surface area (Å²) in [5.41, 5.74) is -2.40. The van der Waals surface area contributed by atoms with E-state index in [0.717, 1.165) is 19.3 Å². The highest BCUT2D eigenvalue weighted by Crippen LogP contribution is 2.77. The zero-order valence-electron chi connectivity index (χ0n) is 15.1. The van der Waals surface area contributed by atoms with Crippen LogP contribution in [0.3, 0.4) is 0 Å². The Hall–Kier alpha value is -1.36. The van der Waals surface area contributed by atoms with Crippen molar-refractivity contribution in [1.82, 2.24) is 0 Å². The van der Waals surface area contributed by atoms with Crippen molar-refractivity contribution in [1.29, 1.82) is 0 Å². The molecule has 25 heavy (non-hydrogen) atoms. The van der Waals surface area contributed by atoms with Crippen molar-refractivity contribution in [2.24, 2.45) is 34.5 Å². The molecule has 0 aromatic rings. The molecule has 5 heteroatoms. The molecule has 4 fully saturated rings. The fraction of sp³-hybridized carbons (Fsp3) is 0.800. The van der Waals surface area contributed by atoms with Crippen LogP contribution in [-0.4, -0.2) is 35.4 Å². The molecule has 136 valence electrons. The van der Waals surface area contributed by atoms with Gasteiger partial charge < -0.3 is 14.6 Å². The lowest BCUT2D eigenvalue weighted by Crippen LogP contribution is -2.47. The molecule has 5 aliphatic rings. The van der Waals surface area contributed by atoms with E-state index in [1.54, 1.807) is 0 Å². The Kier molecular flexibility index (Phi) is 2.73. The lowest BCUT2D eigenvalue weighted by molar-refractivity contribution is -0.162. The Morgan fingerprint density at radius 2 is 2.20 bits per heavy atom. The zero-order valence-corrected chi connectivity index (χ0v) is 15.1. The molecule has 1 unspecified atom stereocenters. The maximum absolute atomic E-state index is 13.0. The Morgan fingerprint density at radius 3 is 2.92 bits per heavy atom. The second-order valence-corrected chi connectivity index (χ2v) is 9.42. The van der Waals surface area contributed by atoms with Crippen LogP contribution in [0.5, 0.6) is 0 Å². The summed E-state index contributed by atoms with van der Waals surface area (Å²) in [6.07, 6.45) is 7.64. The topological polar surface area (TPSA) is 72.8 Å². The summed E-state index contributed by atoms with van der Waals surface area (Å²) in [5.74, 6) is -0.758. The molecule has 8 atom stereocenters. The molecule has 0 amide bonds. The molecule has 1 N–H and O–H groups in total. The van der Waals surface area contributed by atoms with Gasteiger partial charge in [-0.05, 0) is 43.9 Å². The molecule has 1 saturated heterocycles. The molecule has 1 spiro atoms. The molecule has 0 aromatic carbocycles. The quantitative estimate of drug-likeness (QED) is 0.582. The van der Waals surface area contributed by atoms with Gasteiger partial charge in [0.1, 0.15) is 5.60 Å². The Morgan fingerprint density at radius 1 is 1.44 bits per heavy atom. The average molecular weight is 346 g/mol. The molecular weight excluding hydrogens is 320 g/mol. The molecular formula is C20H26O5. The van der Waals surface area contributed by atoms with E-state index in [9.17, 15) is 14.7 Å². The second-order valence-electron chi connectivity index (χ2n) is 9.42. The second kappa shape index (κ2) is 4.30. The molecule has 3 saturated carbocycles. The summed E-state index contributed by atoms with van der Waals surface area (Å²) in [7, 11) is 1.43. The maximum Gasteiger partial charge on any atom is 0.316 e. The molecule has 0 aromatic heterocycles. The first-order valence-corrected chi connectivity index (χ1v) is 9.45. The zero-order chi connectivity index (χ0) is 17.8. The van der Waals surface area contributed by atoms with Gasteiger partial charge in [0.05, 0.1) is 24.0 Å². The third kappa shape index (κ3) is 1.48. The molecule has 4 aliphatic carbocycles. The number of hydrogen-bond acceptors (Lipinski definition) is 5. The van der Waals surface area contributed by atoms with Crippen LogP contribution in [0.4, 0.5) is 0 Å². The van der Waals surface area contributed by atoms with Crippen LogP contribution >= 0.6 is 0 Å². The van der Waals surface area contributed by atoms with Gasteiger partial charge in [-0.1, -0.05) is 19.1 Å². The summed E-state index contributed by atoms with van der Waals surface area (Å²) < 4.78 is 11.4. The normalized spacial score (nSPS) is 57.8. The number of carbonyl (C=O) groups excluding carboxylic acids is 2. The van der Waals surface area contributed by atoms with Crippen molar-refractivity contribution in [3.63, 3.8) is 0 Å². The van der Waals surface area contributed by atoms with E-state index in [1.165, 1.54) is 7.11 Å². The van der Waals surface area contributed by atoms with Gasteiger partial charge in [-0.15, -0.1) is 0 Å². The summed E-state index contributed by atoms with van der Waals surface area (Å²) in [5, 5.41) is 11.1. The van der Waals surface area contributed by atoms with Gasteiger partial charge in [0.25, 0.3) is 0 Å². The van der Waals surface area contributed by atoms with Gasteiger partial charge in [0.15, 0.2) is 0 Å². The number of hydrogen-bond donors (Lipinski definition) is 1. The highest BCUT2D eigenvalue weighted by Gasteiger charge is 2.82. The minimum absolute atomic E-state index is 0.120. The van der Waals surface area contributed by atoms with Crippen LogP contribution in [0.2, 0.25) is 0 Å². The third-order valence-electron chi connectivity index (χ3n) is 8.59. The number of rotatable bonds is 1. The number of ether oxygens (including phenoxy) is 2. The van der Waals surface area contributed by atoms with Gasteiger partial charge >= 0.3 is 11.9 Å². The predicted octanol–water partition coefficient (Wildman–Crippen LogP) is 2.22. The minimum Gasteiger partial charge on any atom is -0.469 e. The SMILES string of the molecule is COC(=O)[C@H]1[C@H]2[C@@]3(CC=C[C@@]2(C)C(=O)O3)[C@@H]2CC[C@]3(O)C[C@@]21CC3C. The van der Waals surface area contributed by atoms with Crippen LogP contribution in [0.1, 0.15) is 46.0 Å². The highest BCUT2D eigenvalue weighted by molar-refractivity contribution is 5.87. The van der Waals surface area contributed by atoms with Gasteiger partial charge in [-0.2, -0.15) is 0 Å². The standard InChI is InChI=1S/C20H26O5/c1-11-9-18-10-19(11,23)8-5-12(18)20-7-4-6-17(2,16(22)25-20)14(20)13(18)15(21)24-3/h4,6,11-14,23H,5,7-10H2,1-3H3/t11?,12-,13-,14-,17-,18+,19+,20-/m1/s1. The summed E-state index contributed by atoms with van der Waals surface area (Å²) in [6, 6.07) is 0. The van der Waals surface area contributed by atoms with Crippen molar-refractivity contribution in [3.8, 4) is 0 Å². The van der Waals surface area contributed by atoms with Gasteiger partial charge in [0, 0.05) is 18.3 Å². The number of carbonyl (C=O) groups is 2. The van der Waals surface area contributed by atoms with E-state index in [4.69, 9.17) is 9.47 Å². The third-order valence-corrected chi connectivity index (χ3v) is 8.59. The molecule has 1 heterocycles. The molecule has 0 radical (unpaired) electrons.